The van der Waals surface area contributed by atoms with Gasteiger partial charge in [-0.15, -0.1) is 0 Å². The van der Waals surface area contributed by atoms with Gasteiger partial charge in [-0.3, -0.25) is 0 Å². The Hall–Kier alpha value is -1.84. The second-order valence-electron chi connectivity index (χ2n) is 5.46. The molecule has 0 bridgehead atoms. The van der Waals surface area contributed by atoms with E-state index >= 15 is 0 Å². The Morgan fingerprint density at radius 2 is 2.06 bits per heavy atom. The van der Waals surface area contributed by atoms with E-state index < -0.39 is 0 Å². The first-order chi connectivity index (χ1) is 8.45. The minimum atomic E-state index is 0.134. The van der Waals surface area contributed by atoms with Crippen LogP contribution in [-0.2, 0) is 12.0 Å². The van der Waals surface area contributed by atoms with E-state index in [1.54, 1.807) is 0 Å². The third-order valence-electron chi connectivity index (χ3n) is 2.76. The molecule has 0 fully saturated rings. The van der Waals surface area contributed by atoms with Crippen LogP contribution in [-0.4, -0.2) is 10.1 Å². The Kier molecular flexibility index (Phi) is 3.36. The quantitative estimate of drug-likeness (QED) is 0.901. The van der Waals surface area contributed by atoms with Crippen LogP contribution in [0.25, 0.3) is 0 Å². The predicted molar refractivity (Wildman–Crippen MR) is 71.5 cm³/mol. The maximum absolute atomic E-state index is 5.01. The minimum Gasteiger partial charge on any atom is -0.364 e. The van der Waals surface area contributed by atoms with Crippen molar-refractivity contribution in [1.82, 2.24) is 10.1 Å². The lowest BCUT2D eigenvalue weighted by atomic mass is 9.88. The summed E-state index contributed by atoms with van der Waals surface area (Å²) in [7, 11) is 0. The van der Waals surface area contributed by atoms with Gasteiger partial charge in [-0.05, 0) is 24.0 Å². The average Bonchev–Trinajstić information content (AvgIpc) is 2.72. The summed E-state index contributed by atoms with van der Waals surface area (Å²) in [5, 5.41) is 7.14. The molecule has 0 aliphatic carbocycles. The van der Waals surface area contributed by atoms with Gasteiger partial charge in [0.2, 0.25) is 0 Å². The summed E-state index contributed by atoms with van der Waals surface area (Å²) in [6.45, 7) is 9.03. The van der Waals surface area contributed by atoms with Crippen LogP contribution in [0.1, 0.15) is 37.8 Å². The highest BCUT2D eigenvalue weighted by molar-refractivity contribution is 5.37. The van der Waals surface area contributed by atoms with E-state index in [1.165, 1.54) is 5.56 Å². The molecule has 2 heterocycles. The summed E-state index contributed by atoms with van der Waals surface area (Å²) in [6, 6.07) is 6.01. The Morgan fingerprint density at radius 1 is 1.28 bits per heavy atom. The van der Waals surface area contributed by atoms with Crippen molar-refractivity contribution in [2.45, 2.75) is 39.7 Å². The number of rotatable bonds is 3. The Balaban J connectivity index is 1.98. The number of pyridine rings is 1. The third kappa shape index (κ3) is 3.09. The van der Waals surface area contributed by atoms with Crippen LogP contribution in [0, 0.1) is 6.92 Å². The Morgan fingerprint density at radius 3 is 2.56 bits per heavy atom. The molecular weight excluding hydrogens is 226 g/mol. The second kappa shape index (κ2) is 4.80. The predicted octanol–water partition coefficient (Wildman–Crippen LogP) is 3.29. The molecular formula is C14H19N3O. The van der Waals surface area contributed by atoms with Crippen molar-refractivity contribution < 1.29 is 4.52 Å². The number of nitrogens with zero attached hydrogens (tertiary/aromatic N) is 2. The van der Waals surface area contributed by atoms with Gasteiger partial charge in [0.1, 0.15) is 17.3 Å². The van der Waals surface area contributed by atoms with Crippen LogP contribution in [0.4, 0.5) is 5.82 Å². The SMILES string of the molecule is Cc1cc(CNc2ccc(C(C)(C)C)cn2)no1. The van der Waals surface area contributed by atoms with Gasteiger partial charge in [-0.2, -0.15) is 0 Å². The first-order valence-electron chi connectivity index (χ1n) is 6.08. The smallest absolute Gasteiger partial charge is 0.133 e. The summed E-state index contributed by atoms with van der Waals surface area (Å²) in [5.41, 5.74) is 2.24. The summed E-state index contributed by atoms with van der Waals surface area (Å²) < 4.78 is 5.01. The normalized spacial score (nSPS) is 11.6. The second-order valence-corrected chi connectivity index (χ2v) is 5.46. The van der Waals surface area contributed by atoms with Crippen molar-refractivity contribution in [1.29, 1.82) is 0 Å². The zero-order chi connectivity index (χ0) is 13.2. The monoisotopic (exact) mass is 245 g/mol. The lowest BCUT2D eigenvalue weighted by Crippen LogP contribution is -2.11. The molecule has 18 heavy (non-hydrogen) atoms. The van der Waals surface area contributed by atoms with Crippen molar-refractivity contribution in [2.75, 3.05) is 5.32 Å². The van der Waals surface area contributed by atoms with E-state index in [0.29, 0.717) is 6.54 Å². The highest BCUT2D eigenvalue weighted by Gasteiger charge is 2.13. The average molecular weight is 245 g/mol. The third-order valence-corrected chi connectivity index (χ3v) is 2.76. The summed E-state index contributed by atoms with van der Waals surface area (Å²) in [4.78, 5) is 4.40. The van der Waals surface area contributed by atoms with Gasteiger partial charge in [0.05, 0.1) is 6.54 Å². The molecule has 0 amide bonds. The summed E-state index contributed by atoms with van der Waals surface area (Å²) in [6.07, 6.45) is 1.91. The van der Waals surface area contributed by atoms with Gasteiger partial charge in [0.25, 0.3) is 0 Å². The standard InChI is InChI=1S/C14H19N3O/c1-10-7-12(17-18-10)9-16-13-6-5-11(8-15-13)14(2,3)4/h5-8H,9H2,1-4H3,(H,15,16). The number of aromatic nitrogens is 2. The summed E-state index contributed by atoms with van der Waals surface area (Å²) >= 11 is 0. The molecule has 0 spiro atoms. The van der Waals surface area contributed by atoms with Crippen LogP contribution in [0.5, 0.6) is 0 Å². The molecule has 0 aliphatic rings. The lowest BCUT2D eigenvalue weighted by Gasteiger charge is -2.18. The van der Waals surface area contributed by atoms with E-state index in [2.05, 4.69) is 42.3 Å². The minimum absolute atomic E-state index is 0.134. The molecule has 0 aromatic carbocycles. The first kappa shape index (κ1) is 12.6. The van der Waals surface area contributed by atoms with Crippen molar-refractivity contribution in [2.24, 2.45) is 0 Å². The van der Waals surface area contributed by atoms with Gasteiger partial charge in [0, 0.05) is 12.3 Å². The molecule has 4 nitrogen and oxygen atoms in total. The molecule has 0 saturated heterocycles. The zero-order valence-corrected chi connectivity index (χ0v) is 11.3. The van der Waals surface area contributed by atoms with Crippen LogP contribution in [0.2, 0.25) is 0 Å². The van der Waals surface area contributed by atoms with E-state index in [0.717, 1.165) is 17.3 Å². The largest absolute Gasteiger partial charge is 0.364 e. The van der Waals surface area contributed by atoms with Crippen molar-refractivity contribution in [3.8, 4) is 0 Å². The van der Waals surface area contributed by atoms with Crippen molar-refractivity contribution in [3.63, 3.8) is 0 Å². The fourth-order valence-corrected chi connectivity index (χ4v) is 1.62. The van der Waals surface area contributed by atoms with Gasteiger partial charge in [0.15, 0.2) is 0 Å². The van der Waals surface area contributed by atoms with Crippen LogP contribution >= 0.6 is 0 Å². The summed E-state index contributed by atoms with van der Waals surface area (Å²) in [5.74, 6) is 1.67. The number of nitrogens with one attached hydrogen (secondary N) is 1. The highest BCUT2D eigenvalue weighted by atomic mass is 16.5. The molecule has 0 radical (unpaired) electrons. The van der Waals surface area contributed by atoms with E-state index in [1.807, 2.05) is 25.3 Å². The fraction of sp³-hybridized carbons (Fsp3) is 0.429. The van der Waals surface area contributed by atoms with Gasteiger partial charge < -0.3 is 9.84 Å². The lowest BCUT2D eigenvalue weighted by molar-refractivity contribution is 0.391. The molecule has 1 N–H and O–H groups in total. The van der Waals surface area contributed by atoms with Crippen LogP contribution < -0.4 is 5.32 Å². The fourth-order valence-electron chi connectivity index (χ4n) is 1.62. The number of anilines is 1. The van der Waals surface area contributed by atoms with Crippen molar-refractivity contribution in [3.05, 3.63) is 41.4 Å². The number of hydrogen-bond acceptors (Lipinski definition) is 4. The first-order valence-corrected chi connectivity index (χ1v) is 6.08. The molecule has 96 valence electrons. The molecule has 2 aromatic rings. The Labute approximate surface area is 107 Å². The number of aryl methyl sites for hydroxylation is 1. The van der Waals surface area contributed by atoms with Crippen LogP contribution in [0.3, 0.4) is 0 Å². The Bertz CT molecular complexity index is 509. The molecule has 0 atom stereocenters. The molecule has 0 saturated carbocycles. The van der Waals surface area contributed by atoms with E-state index in [9.17, 15) is 0 Å². The van der Waals surface area contributed by atoms with Crippen molar-refractivity contribution >= 4 is 5.82 Å². The molecule has 2 rings (SSSR count). The maximum atomic E-state index is 5.01. The maximum Gasteiger partial charge on any atom is 0.133 e. The van der Waals surface area contributed by atoms with Gasteiger partial charge >= 0.3 is 0 Å². The molecule has 0 unspecified atom stereocenters. The zero-order valence-electron chi connectivity index (χ0n) is 11.3. The van der Waals surface area contributed by atoms with E-state index in [4.69, 9.17) is 4.52 Å². The van der Waals surface area contributed by atoms with Crippen LogP contribution in [0.15, 0.2) is 28.9 Å². The van der Waals surface area contributed by atoms with Gasteiger partial charge in [-0.25, -0.2) is 4.98 Å². The number of hydrogen-bond donors (Lipinski definition) is 1. The molecule has 2 aromatic heterocycles. The highest BCUT2D eigenvalue weighted by Crippen LogP contribution is 2.21. The topological polar surface area (TPSA) is 51.0 Å². The van der Waals surface area contributed by atoms with Gasteiger partial charge in [-0.1, -0.05) is 32.0 Å². The molecule has 4 heteroatoms. The van der Waals surface area contributed by atoms with E-state index in [-0.39, 0.29) is 5.41 Å². The molecule has 0 aliphatic heterocycles.